The first-order chi connectivity index (χ1) is 10.6. The summed E-state index contributed by atoms with van der Waals surface area (Å²) in [4.78, 5) is 0. The fraction of sp³-hybridized carbons (Fsp3) is 0.619. The molecule has 1 aromatic carbocycles. The monoisotopic (exact) mass is 302 g/mol. The summed E-state index contributed by atoms with van der Waals surface area (Å²) in [7, 11) is 0. The van der Waals surface area contributed by atoms with Crippen molar-refractivity contribution in [3.63, 3.8) is 0 Å². The Hall–Kier alpha value is -1.24. The lowest BCUT2D eigenvalue weighted by atomic mass is 10.0. The zero-order valence-corrected chi connectivity index (χ0v) is 14.9. The summed E-state index contributed by atoms with van der Waals surface area (Å²) < 4.78 is 6.03. The third kappa shape index (κ3) is 7.68. The van der Waals surface area contributed by atoms with E-state index in [0.29, 0.717) is 5.92 Å². The maximum Gasteiger partial charge on any atom is 0.122 e. The van der Waals surface area contributed by atoms with E-state index in [1.165, 1.54) is 56.1 Å². The number of hydrogen-bond donors (Lipinski definition) is 0. The van der Waals surface area contributed by atoms with E-state index in [2.05, 4.69) is 45.5 Å². The molecule has 1 rings (SSSR count). The van der Waals surface area contributed by atoms with E-state index in [1.807, 2.05) is 6.08 Å². The lowest BCUT2D eigenvalue weighted by Crippen LogP contribution is -2.02. The van der Waals surface area contributed by atoms with Gasteiger partial charge in [0.1, 0.15) is 5.75 Å². The second-order valence-corrected chi connectivity index (χ2v) is 6.60. The van der Waals surface area contributed by atoms with E-state index >= 15 is 0 Å². The molecule has 0 amide bonds. The van der Waals surface area contributed by atoms with E-state index in [-0.39, 0.29) is 0 Å². The van der Waals surface area contributed by atoms with Crippen LogP contribution >= 0.6 is 0 Å². The van der Waals surface area contributed by atoms with Crippen LogP contribution in [0.4, 0.5) is 0 Å². The van der Waals surface area contributed by atoms with Crippen LogP contribution in [-0.4, -0.2) is 6.61 Å². The van der Waals surface area contributed by atoms with Gasteiger partial charge in [0, 0.05) is 0 Å². The van der Waals surface area contributed by atoms with Gasteiger partial charge in [0.05, 0.1) is 6.61 Å². The van der Waals surface area contributed by atoms with E-state index in [0.717, 1.165) is 18.8 Å². The van der Waals surface area contributed by atoms with Crippen LogP contribution in [0.15, 0.2) is 30.9 Å². The SMILES string of the molecule is C=CCCCCCCCCCOc1cc(C)ccc1C(C)C. The number of ether oxygens (including phenoxy) is 1. The number of benzene rings is 1. The molecule has 0 aliphatic heterocycles. The van der Waals surface area contributed by atoms with Gasteiger partial charge in [-0.05, 0) is 49.3 Å². The molecular formula is C21H34O. The van der Waals surface area contributed by atoms with E-state index < -0.39 is 0 Å². The predicted molar refractivity (Wildman–Crippen MR) is 97.9 cm³/mol. The van der Waals surface area contributed by atoms with Gasteiger partial charge in [0.2, 0.25) is 0 Å². The summed E-state index contributed by atoms with van der Waals surface area (Å²) in [6.07, 6.45) is 12.4. The predicted octanol–water partition coefficient (Wildman–Crippen LogP) is 6.80. The zero-order chi connectivity index (χ0) is 16.2. The highest BCUT2D eigenvalue weighted by molar-refractivity contribution is 5.39. The summed E-state index contributed by atoms with van der Waals surface area (Å²) in [5.41, 5.74) is 2.60. The van der Waals surface area contributed by atoms with Crippen molar-refractivity contribution in [3.05, 3.63) is 42.0 Å². The summed E-state index contributed by atoms with van der Waals surface area (Å²) in [6.45, 7) is 11.2. The van der Waals surface area contributed by atoms with Gasteiger partial charge < -0.3 is 4.74 Å². The standard InChI is InChI=1S/C21H34O/c1-5-6-7-8-9-10-11-12-13-16-22-21-17-19(4)14-15-20(21)18(2)3/h5,14-15,17-18H,1,6-13,16H2,2-4H3. The molecule has 0 saturated carbocycles. The number of hydrogen-bond acceptors (Lipinski definition) is 1. The molecule has 0 N–H and O–H groups in total. The molecule has 0 fully saturated rings. The maximum atomic E-state index is 6.03. The molecule has 0 radical (unpaired) electrons. The van der Waals surface area contributed by atoms with Crippen LogP contribution in [-0.2, 0) is 0 Å². The molecule has 0 aromatic heterocycles. The van der Waals surface area contributed by atoms with Gasteiger partial charge in [-0.25, -0.2) is 0 Å². The highest BCUT2D eigenvalue weighted by Crippen LogP contribution is 2.27. The van der Waals surface area contributed by atoms with Gasteiger partial charge in [0.25, 0.3) is 0 Å². The Kier molecular flexibility index (Phi) is 9.70. The van der Waals surface area contributed by atoms with Gasteiger partial charge in [-0.3, -0.25) is 0 Å². The highest BCUT2D eigenvalue weighted by atomic mass is 16.5. The minimum atomic E-state index is 0.520. The molecule has 0 aliphatic carbocycles. The van der Waals surface area contributed by atoms with E-state index in [4.69, 9.17) is 4.74 Å². The summed E-state index contributed by atoms with van der Waals surface area (Å²) >= 11 is 0. The number of aryl methyl sites for hydroxylation is 1. The summed E-state index contributed by atoms with van der Waals surface area (Å²) in [5.74, 6) is 1.60. The summed E-state index contributed by atoms with van der Waals surface area (Å²) in [5, 5.41) is 0. The van der Waals surface area contributed by atoms with E-state index in [9.17, 15) is 0 Å². The molecule has 0 saturated heterocycles. The van der Waals surface area contributed by atoms with Crippen LogP contribution < -0.4 is 4.74 Å². The molecule has 0 atom stereocenters. The fourth-order valence-electron chi connectivity index (χ4n) is 2.70. The molecule has 124 valence electrons. The molecule has 22 heavy (non-hydrogen) atoms. The maximum absolute atomic E-state index is 6.03. The van der Waals surface area contributed by atoms with Gasteiger partial charge in [0.15, 0.2) is 0 Å². The summed E-state index contributed by atoms with van der Waals surface area (Å²) in [6, 6.07) is 6.56. The first kappa shape index (κ1) is 18.8. The minimum Gasteiger partial charge on any atom is -0.493 e. The van der Waals surface area contributed by atoms with Gasteiger partial charge in [-0.15, -0.1) is 6.58 Å². The normalized spacial score (nSPS) is 10.9. The van der Waals surface area contributed by atoms with Crippen molar-refractivity contribution >= 4 is 0 Å². The van der Waals surface area contributed by atoms with Crippen molar-refractivity contribution in [3.8, 4) is 5.75 Å². The zero-order valence-electron chi connectivity index (χ0n) is 14.9. The van der Waals surface area contributed by atoms with Gasteiger partial charge in [-0.1, -0.05) is 64.2 Å². The molecule has 0 heterocycles. The molecule has 0 unspecified atom stereocenters. The number of allylic oxidation sites excluding steroid dienone is 1. The first-order valence-electron chi connectivity index (χ1n) is 8.99. The van der Waals surface area contributed by atoms with Crippen molar-refractivity contribution in [2.75, 3.05) is 6.61 Å². The van der Waals surface area contributed by atoms with Crippen LogP contribution in [0.1, 0.15) is 82.3 Å². The Morgan fingerprint density at radius 3 is 2.27 bits per heavy atom. The Balaban J connectivity index is 2.14. The van der Waals surface area contributed by atoms with Crippen molar-refractivity contribution in [2.45, 2.75) is 78.1 Å². The van der Waals surface area contributed by atoms with Gasteiger partial charge >= 0.3 is 0 Å². The Morgan fingerprint density at radius 1 is 1.00 bits per heavy atom. The second kappa shape index (κ2) is 11.3. The van der Waals surface area contributed by atoms with Crippen LogP contribution in [0.3, 0.4) is 0 Å². The fourth-order valence-corrected chi connectivity index (χ4v) is 2.70. The molecular weight excluding hydrogens is 268 g/mol. The van der Waals surface area contributed by atoms with Crippen LogP contribution in [0.25, 0.3) is 0 Å². The number of rotatable bonds is 12. The van der Waals surface area contributed by atoms with Crippen molar-refractivity contribution in [1.29, 1.82) is 0 Å². The third-order valence-corrected chi connectivity index (χ3v) is 4.10. The third-order valence-electron chi connectivity index (χ3n) is 4.10. The average molecular weight is 303 g/mol. The van der Waals surface area contributed by atoms with Gasteiger partial charge in [-0.2, -0.15) is 0 Å². The Morgan fingerprint density at radius 2 is 1.64 bits per heavy atom. The lowest BCUT2D eigenvalue weighted by molar-refractivity contribution is 0.300. The van der Waals surface area contributed by atoms with Crippen LogP contribution in [0, 0.1) is 6.92 Å². The molecule has 0 bridgehead atoms. The molecule has 1 heteroatoms. The molecule has 1 aromatic rings. The van der Waals surface area contributed by atoms with Crippen molar-refractivity contribution in [1.82, 2.24) is 0 Å². The number of unbranched alkanes of at least 4 members (excludes halogenated alkanes) is 7. The second-order valence-electron chi connectivity index (χ2n) is 6.60. The topological polar surface area (TPSA) is 9.23 Å². The first-order valence-corrected chi connectivity index (χ1v) is 8.99. The Labute approximate surface area is 137 Å². The lowest BCUT2D eigenvalue weighted by Gasteiger charge is -2.14. The van der Waals surface area contributed by atoms with Crippen LogP contribution in [0.5, 0.6) is 5.75 Å². The largest absolute Gasteiger partial charge is 0.493 e. The average Bonchev–Trinajstić information content (AvgIpc) is 2.49. The molecule has 0 spiro atoms. The quantitative estimate of drug-likeness (QED) is 0.304. The van der Waals surface area contributed by atoms with E-state index in [1.54, 1.807) is 0 Å². The van der Waals surface area contributed by atoms with Crippen LogP contribution in [0.2, 0.25) is 0 Å². The molecule has 0 aliphatic rings. The molecule has 1 nitrogen and oxygen atoms in total. The minimum absolute atomic E-state index is 0.520. The van der Waals surface area contributed by atoms with Crippen molar-refractivity contribution in [2.24, 2.45) is 0 Å². The van der Waals surface area contributed by atoms with Crippen molar-refractivity contribution < 1.29 is 4.74 Å². The highest BCUT2D eigenvalue weighted by Gasteiger charge is 2.07. The Bertz CT molecular complexity index is 420. The smallest absolute Gasteiger partial charge is 0.122 e.